The minimum atomic E-state index is -0.606. The number of hydrogen-bond donors (Lipinski definition) is 1. The molecular weight excluding hydrogens is 354 g/mol. The summed E-state index contributed by atoms with van der Waals surface area (Å²) in [4.78, 5) is 29.9. The third-order valence-corrected chi connectivity index (χ3v) is 5.89. The fraction of sp³-hybridized carbons (Fsp3) is 0.476. The predicted molar refractivity (Wildman–Crippen MR) is 106 cm³/mol. The summed E-state index contributed by atoms with van der Waals surface area (Å²) in [5.74, 6) is 0.259. The van der Waals surface area contributed by atoms with Crippen LogP contribution < -0.4 is 5.32 Å². The summed E-state index contributed by atoms with van der Waals surface area (Å²) in [5.41, 5.74) is 0.420. The van der Waals surface area contributed by atoms with E-state index in [2.05, 4.69) is 10.4 Å². The molecule has 2 amide bonds. The zero-order valence-corrected chi connectivity index (χ0v) is 16.1. The maximum absolute atomic E-state index is 13.5. The van der Waals surface area contributed by atoms with Gasteiger partial charge in [-0.05, 0) is 37.6 Å². The second-order valence-electron chi connectivity index (χ2n) is 7.57. The molecular formula is C21H27N5O2. The Balaban J connectivity index is 1.40. The van der Waals surface area contributed by atoms with Crippen molar-refractivity contribution in [3.63, 3.8) is 0 Å². The van der Waals surface area contributed by atoms with E-state index in [0.717, 1.165) is 31.5 Å². The Kier molecular flexibility index (Phi) is 5.43. The highest BCUT2D eigenvalue weighted by Crippen LogP contribution is 2.30. The average molecular weight is 381 g/mol. The molecule has 0 bridgehead atoms. The van der Waals surface area contributed by atoms with Gasteiger partial charge in [-0.2, -0.15) is 5.10 Å². The first-order valence-corrected chi connectivity index (χ1v) is 10.0. The number of rotatable bonds is 4. The normalized spacial score (nSPS) is 19.4. The standard InChI is InChI=1S/C21H27N5O2/c27-19(17-18-5-2-1-3-6-18)24-13-15-25(16-14-24)20(28)21(7-10-22-11-8-21)26-12-4-9-23-26/h1-6,9,12,22H,7-8,10-11,13-17H2. The Hall–Kier alpha value is -2.67. The molecule has 2 aliphatic heterocycles. The average Bonchev–Trinajstić information content (AvgIpc) is 3.30. The quantitative estimate of drug-likeness (QED) is 0.853. The fourth-order valence-corrected chi connectivity index (χ4v) is 4.24. The van der Waals surface area contributed by atoms with E-state index in [0.29, 0.717) is 32.6 Å². The molecule has 7 nitrogen and oxygen atoms in total. The zero-order valence-electron chi connectivity index (χ0n) is 16.1. The fourth-order valence-electron chi connectivity index (χ4n) is 4.24. The first-order valence-electron chi connectivity index (χ1n) is 10.0. The van der Waals surface area contributed by atoms with Gasteiger partial charge in [0, 0.05) is 38.6 Å². The van der Waals surface area contributed by atoms with Gasteiger partial charge in [-0.15, -0.1) is 0 Å². The summed E-state index contributed by atoms with van der Waals surface area (Å²) in [6.07, 6.45) is 5.51. The van der Waals surface area contributed by atoms with Gasteiger partial charge in [0.1, 0.15) is 5.54 Å². The lowest BCUT2D eigenvalue weighted by molar-refractivity contribution is -0.147. The second-order valence-corrected chi connectivity index (χ2v) is 7.57. The van der Waals surface area contributed by atoms with Gasteiger partial charge in [-0.3, -0.25) is 14.3 Å². The minimum Gasteiger partial charge on any atom is -0.339 e. The Morgan fingerprint density at radius 2 is 1.64 bits per heavy atom. The van der Waals surface area contributed by atoms with E-state index < -0.39 is 5.54 Å². The molecule has 2 aromatic rings. The Labute approximate surface area is 165 Å². The van der Waals surface area contributed by atoms with Crippen molar-refractivity contribution in [2.24, 2.45) is 0 Å². The third kappa shape index (κ3) is 3.67. The molecule has 2 fully saturated rings. The van der Waals surface area contributed by atoms with Gasteiger partial charge in [0.15, 0.2) is 0 Å². The number of nitrogens with one attached hydrogen (secondary N) is 1. The predicted octanol–water partition coefficient (Wildman–Crippen LogP) is 0.875. The summed E-state index contributed by atoms with van der Waals surface area (Å²) >= 11 is 0. The van der Waals surface area contributed by atoms with E-state index in [1.165, 1.54) is 0 Å². The third-order valence-electron chi connectivity index (χ3n) is 5.89. The molecule has 0 unspecified atom stereocenters. The van der Waals surface area contributed by atoms with Gasteiger partial charge in [-0.1, -0.05) is 30.3 Å². The molecule has 2 aliphatic rings. The molecule has 0 spiro atoms. The zero-order chi connectivity index (χ0) is 19.4. The number of aromatic nitrogens is 2. The largest absolute Gasteiger partial charge is 0.339 e. The van der Waals surface area contributed by atoms with Gasteiger partial charge in [0.05, 0.1) is 6.42 Å². The van der Waals surface area contributed by atoms with Crippen LogP contribution in [-0.4, -0.2) is 70.7 Å². The molecule has 3 heterocycles. The first kappa shape index (κ1) is 18.7. The maximum Gasteiger partial charge on any atom is 0.250 e. The monoisotopic (exact) mass is 381 g/mol. The summed E-state index contributed by atoms with van der Waals surface area (Å²) in [6, 6.07) is 11.7. The molecule has 1 aromatic heterocycles. The van der Waals surface area contributed by atoms with Crippen molar-refractivity contribution in [3.05, 3.63) is 54.4 Å². The van der Waals surface area contributed by atoms with Gasteiger partial charge in [-0.25, -0.2) is 0 Å². The summed E-state index contributed by atoms with van der Waals surface area (Å²) in [5, 5.41) is 7.73. The molecule has 148 valence electrons. The maximum atomic E-state index is 13.5. The summed E-state index contributed by atoms with van der Waals surface area (Å²) in [6.45, 7) is 3.95. The SMILES string of the molecule is O=C(Cc1ccccc1)N1CCN(C(=O)C2(n3cccn3)CCNCC2)CC1. The summed E-state index contributed by atoms with van der Waals surface area (Å²) in [7, 11) is 0. The molecule has 0 saturated carbocycles. The van der Waals surface area contributed by atoms with Crippen LogP contribution in [0.25, 0.3) is 0 Å². The molecule has 0 aliphatic carbocycles. The molecule has 0 radical (unpaired) electrons. The lowest BCUT2D eigenvalue weighted by Gasteiger charge is -2.43. The van der Waals surface area contributed by atoms with E-state index in [9.17, 15) is 9.59 Å². The number of piperazine rings is 1. The van der Waals surface area contributed by atoms with Gasteiger partial charge >= 0.3 is 0 Å². The number of nitrogens with zero attached hydrogens (tertiary/aromatic N) is 4. The number of piperidine rings is 1. The van der Waals surface area contributed by atoms with Crippen molar-refractivity contribution in [1.29, 1.82) is 0 Å². The van der Waals surface area contributed by atoms with Crippen LogP contribution in [0.2, 0.25) is 0 Å². The van der Waals surface area contributed by atoms with Crippen molar-refractivity contribution in [1.82, 2.24) is 24.9 Å². The van der Waals surface area contributed by atoms with Crippen LogP contribution in [0.5, 0.6) is 0 Å². The molecule has 28 heavy (non-hydrogen) atoms. The van der Waals surface area contributed by atoms with E-state index >= 15 is 0 Å². The topological polar surface area (TPSA) is 70.5 Å². The Morgan fingerprint density at radius 3 is 2.29 bits per heavy atom. The first-order chi connectivity index (χ1) is 13.7. The smallest absolute Gasteiger partial charge is 0.250 e. The van der Waals surface area contributed by atoms with Crippen LogP contribution in [0.4, 0.5) is 0 Å². The van der Waals surface area contributed by atoms with Crippen LogP contribution in [0, 0.1) is 0 Å². The van der Waals surface area contributed by atoms with E-state index in [4.69, 9.17) is 0 Å². The van der Waals surface area contributed by atoms with Crippen molar-refractivity contribution in [3.8, 4) is 0 Å². The second kappa shape index (κ2) is 8.14. The molecule has 2 saturated heterocycles. The van der Waals surface area contributed by atoms with E-state index in [1.807, 2.05) is 57.1 Å². The van der Waals surface area contributed by atoms with Crippen molar-refractivity contribution >= 4 is 11.8 Å². The van der Waals surface area contributed by atoms with Crippen molar-refractivity contribution in [2.45, 2.75) is 24.8 Å². The van der Waals surface area contributed by atoms with Gasteiger partial charge in [0.25, 0.3) is 5.91 Å². The van der Waals surface area contributed by atoms with Gasteiger partial charge < -0.3 is 15.1 Å². The molecule has 1 N–H and O–H groups in total. The molecule has 0 atom stereocenters. The van der Waals surface area contributed by atoms with Crippen LogP contribution in [-0.2, 0) is 21.5 Å². The molecule has 1 aromatic carbocycles. The van der Waals surface area contributed by atoms with Crippen molar-refractivity contribution < 1.29 is 9.59 Å². The van der Waals surface area contributed by atoms with Crippen LogP contribution in [0.1, 0.15) is 18.4 Å². The molecule has 4 rings (SSSR count). The lowest BCUT2D eigenvalue weighted by atomic mass is 9.86. The van der Waals surface area contributed by atoms with Crippen LogP contribution in [0.15, 0.2) is 48.8 Å². The number of carbonyl (C=O) groups is 2. The molecule has 7 heteroatoms. The number of amides is 2. The van der Waals surface area contributed by atoms with Crippen molar-refractivity contribution in [2.75, 3.05) is 39.3 Å². The van der Waals surface area contributed by atoms with Crippen LogP contribution >= 0.6 is 0 Å². The highest BCUT2D eigenvalue weighted by atomic mass is 16.2. The minimum absolute atomic E-state index is 0.127. The highest BCUT2D eigenvalue weighted by molar-refractivity contribution is 5.85. The number of hydrogen-bond acceptors (Lipinski definition) is 4. The number of benzene rings is 1. The summed E-state index contributed by atoms with van der Waals surface area (Å²) < 4.78 is 1.84. The Bertz CT molecular complexity index is 791. The van der Waals surface area contributed by atoms with E-state index in [-0.39, 0.29) is 11.8 Å². The number of carbonyl (C=O) groups excluding carboxylic acids is 2. The van der Waals surface area contributed by atoms with E-state index in [1.54, 1.807) is 6.20 Å². The van der Waals surface area contributed by atoms with Gasteiger partial charge in [0.2, 0.25) is 5.91 Å². The lowest BCUT2D eigenvalue weighted by Crippen LogP contribution is -2.60. The Morgan fingerprint density at radius 1 is 0.964 bits per heavy atom. The van der Waals surface area contributed by atoms with Crippen LogP contribution in [0.3, 0.4) is 0 Å². The highest BCUT2D eigenvalue weighted by Gasteiger charge is 2.45.